The average Bonchev–Trinajstić information content (AvgIpc) is 2.90. The first-order valence-electron chi connectivity index (χ1n) is 6.46. The highest BCUT2D eigenvalue weighted by Gasteiger charge is 2.37. The minimum Gasteiger partial charge on any atom is -0.481 e. The van der Waals surface area contributed by atoms with E-state index in [4.69, 9.17) is 10.2 Å². The van der Waals surface area contributed by atoms with Gasteiger partial charge in [-0.25, -0.2) is 9.18 Å². The van der Waals surface area contributed by atoms with E-state index in [0.717, 1.165) is 18.2 Å². The molecule has 3 N–H and O–H groups in total. The summed E-state index contributed by atoms with van der Waals surface area (Å²) in [6.45, 7) is 0. The van der Waals surface area contributed by atoms with Gasteiger partial charge in [-0.3, -0.25) is 9.59 Å². The average molecular weight is 295 g/mol. The summed E-state index contributed by atoms with van der Waals surface area (Å²) < 4.78 is 13.6. The second kappa shape index (κ2) is 5.90. The van der Waals surface area contributed by atoms with E-state index >= 15 is 0 Å². The molecule has 1 saturated carbocycles. The van der Waals surface area contributed by atoms with Crippen LogP contribution in [0, 0.1) is 17.7 Å². The molecular weight excluding hydrogens is 281 g/mol. The van der Waals surface area contributed by atoms with Crippen molar-refractivity contribution in [2.75, 3.05) is 5.32 Å². The molecule has 1 aliphatic carbocycles. The van der Waals surface area contributed by atoms with E-state index in [2.05, 4.69) is 5.32 Å². The molecule has 0 bridgehead atoms. The fraction of sp³-hybridized carbons (Fsp3) is 0.357. The third-order valence-corrected chi connectivity index (χ3v) is 3.64. The van der Waals surface area contributed by atoms with Crippen LogP contribution in [0.1, 0.15) is 29.6 Å². The van der Waals surface area contributed by atoms with Crippen LogP contribution in [0.4, 0.5) is 10.1 Å². The number of carboxylic acid groups (broad SMARTS) is 2. The summed E-state index contributed by atoms with van der Waals surface area (Å²) >= 11 is 0. The van der Waals surface area contributed by atoms with E-state index in [1.807, 2.05) is 0 Å². The zero-order chi connectivity index (χ0) is 15.6. The van der Waals surface area contributed by atoms with E-state index < -0.39 is 35.5 Å². The highest BCUT2D eigenvalue weighted by Crippen LogP contribution is 2.33. The van der Waals surface area contributed by atoms with Crippen molar-refractivity contribution in [1.29, 1.82) is 0 Å². The maximum Gasteiger partial charge on any atom is 0.335 e. The van der Waals surface area contributed by atoms with Crippen LogP contribution in [-0.4, -0.2) is 28.1 Å². The number of carbonyl (C=O) groups is 3. The van der Waals surface area contributed by atoms with E-state index in [1.54, 1.807) is 0 Å². The molecule has 21 heavy (non-hydrogen) atoms. The van der Waals surface area contributed by atoms with Gasteiger partial charge < -0.3 is 15.5 Å². The van der Waals surface area contributed by atoms with E-state index in [9.17, 15) is 18.8 Å². The Bertz CT molecular complexity index is 601. The Hall–Kier alpha value is -2.44. The number of anilines is 1. The fourth-order valence-corrected chi connectivity index (χ4v) is 2.55. The largest absolute Gasteiger partial charge is 0.481 e. The molecule has 112 valence electrons. The number of nitrogens with one attached hydrogen (secondary N) is 1. The molecule has 1 amide bonds. The van der Waals surface area contributed by atoms with Crippen LogP contribution < -0.4 is 5.32 Å². The number of benzene rings is 1. The van der Waals surface area contributed by atoms with Gasteiger partial charge >= 0.3 is 11.9 Å². The van der Waals surface area contributed by atoms with Crippen molar-refractivity contribution in [2.45, 2.75) is 19.3 Å². The molecule has 1 fully saturated rings. The van der Waals surface area contributed by atoms with Crippen LogP contribution in [0.25, 0.3) is 0 Å². The Morgan fingerprint density at radius 2 is 1.81 bits per heavy atom. The number of carboxylic acids is 2. The smallest absolute Gasteiger partial charge is 0.335 e. The minimum absolute atomic E-state index is 0.159. The third-order valence-electron chi connectivity index (χ3n) is 3.64. The summed E-state index contributed by atoms with van der Waals surface area (Å²) in [4.78, 5) is 34.0. The monoisotopic (exact) mass is 295 g/mol. The molecule has 0 radical (unpaired) electrons. The molecule has 1 aliphatic rings. The van der Waals surface area contributed by atoms with Crippen LogP contribution in [0.5, 0.6) is 0 Å². The number of amides is 1. The SMILES string of the molecule is O=C(O)c1ccc(F)c(NC(=O)[C@@H]2CCC[C@@H]2C(=O)O)c1. The minimum atomic E-state index is -1.24. The highest BCUT2D eigenvalue weighted by molar-refractivity contribution is 5.97. The molecule has 0 heterocycles. The van der Waals surface area contributed by atoms with Gasteiger partial charge in [-0.15, -0.1) is 0 Å². The number of carbonyl (C=O) groups excluding carboxylic acids is 1. The van der Waals surface area contributed by atoms with Gasteiger partial charge in [-0.1, -0.05) is 6.42 Å². The lowest BCUT2D eigenvalue weighted by atomic mass is 9.95. The summed E-state index contributed by atoms with van der Waals surface area (Å²) in [5.41, 5.74) is -0.413. The Balaban J connectivity index is 2.18. The van der Waals surface area contributed by atoms with E-state index in [1.165, 1.54) is 0 Å². The van der Waals surface area contributed by atoms with Crippen molar-refractivity contribution in [3.8, 4) is 0 Å². The van der Waals surface area contributed by atoms with E-state index in [0.29, 0.717) is 19.3 Å². The molecule has 2 rings (SSSR count). The van der Waals surface area contributed by atoms with Crippen molar-refractivity contribution in [3.05, 3.63) is 29.6 Å². The maximum atomic E-state index is 13.6. The van der Waals surface area contributed by atoms with E-state index in [-0.39, 0.29) is 11.3 Å². The number of hydrogen-bond acceptors (Lipinski definition) is 3. The van der Waals surface area contributed by atoms with Crippen LogP contribution in [-0.2, 0) is 9.59 Å². The van der Waals surface area contributed by atoms with Gasteiger partial charge in [-0.05, 0) is 31.0 Å². The first kappa shape index (κ1) is 15.0. The molecule has 1 aromatic rings. The first-order chi connectivity index (χ1) is 9.90. The van der Waals surface area contributed by atoms with Crippen LogP contribution >= 0.6 is 0 Å². The summed E-state index contributed by atoms with van der Waals surface area (Å²) in [5, 5.41) is 20.2. The zero-order valence-corrected chi connectivity index (χ0v) is 11.0. The van der Waals surface area contributed by atoms with Gasteiger partial charge in [0.05, 0.1) is 23.1 Å². The second-order valence-corrected chi connectivity index (χ2v) is 4.97. The summed E-state index contributed by atoms with van der Waals surface area (Å²) in [7, 11) is 0. The van der Waals surface area contributed by atoms with Gasteiger partial charge in [-0.2, -0.15) is 0 Å². The second-order valence-electron chi connectivity index (χ2n) is 4.97. The summed E-state index contributed by atoms with van der Waals surface area (Å²) in [6, 6.07) is 3.05. The van der Waals surface area contributed by atoms with Crippen molar-refractivity contribution in [1.82, 2.24) is 0 Å². The van der Waals surface area contributed by atoms with Gasteiger partial charge in [0.25, 0.3) is 0 Å². The number of halogens is 1. The van der Waals surface area contributed by atoms with Crippen molar-refractivity contribution < 1.29 is 29.0 Å². The van der Waals surface area contributed by atoms with Crippen molar-refractivity contribution in [2.24, 2.45) is 11.8 Å². The lowest BCUT2D eigenvalue weighted by Gasteiger charge is -2.16. The highest BCUT2D eigenvalue weighted by atomic mass is 19.1. The van der Waals surface area contributed by atoms with Crippen molar-refractivity contribution >= 4 is 23.5 Å². The van der Waals surface area contributed by atoms with Crippen LogP contribution in [0.15, 0.2) is 18.2 Å². The maximum absolute atomic E-state index is 13.6. The first-order valence-corrected chi connectivity index (χ1v) is 6.46. The normalized spacial score (nSPS) is 21.0. The van der Waals surface area contributed by atoms with Crippen molar-refractivity contribution in [3.63, 3.8) is 0 Å². The van der Waals surface area contributed by atoms with Gasteiger partial charge in [0.15, 0.2) is 0 Å². The topological polar surface area (TPSA) is 104 Å². The molecule has 1 aromatic carbocycles. The number of aliphatic carboxylic acids is 1. The quantitative estimate of drug-likeness (QED) is 0.787. The molecule has 6 nitrogen and oxygen atoms in total. The summed E-state index contributed by atoms with van der Waals surface area (Å²) in [6.07, 6.45) is 1.45. The van der Waals surface area contributed by atoms with Gasteiger partial charge in [0.1, 0.15) is 5.82 Å². The Kier molecular flexibility index (Phi) is 4.21. The Labute approximate surface area is 119 Å². The molecule has 0 aromatic heterocycles. The number of hydrogen-bond donors (Lipinski definition) is 3. The Morgan fingerprint density at radius 1 is 1.14 bits per heavy atom. The van der Waals surface area contributed by atoms with Gasteiger partial charge in [0, 0.05) is 0 Å². The van der Waals surface area contributed by atoms with Gasteiger partial charge in [0.2, 0.25) is 5.91 Å². The molecule has 0 unspecified atom stereocenters. The molecule has 0 aliphatic heterocycles. The molecular formula is C14H14FNO5. The molecule has 0 spiro atoms. The predicted molar refractivity (Wildman–Crippen MR) is 70.5 cm³/mol. The molecule has 0 saturated heterocycles. The summed E-state index contributed by atoms with van der Waals surface area (Å²) in [5.74, 6) is -5.16. The zero-order valence-electron chi connectivity index (χ0n) is 11.0. The third kappa shape index (κ3) is 3.18. The lowest BCUT2D eigenvalue weighted by Crippen LogP contribution is -2.30. The Morgan fingerprint density at radius 3 is 2.43 bits per heavy atom. The van der Waals surface area contributed by atoms with Crippen LogP contribution in [0.2, 0.25) is 0 Å². The standard InChI is InChI=1S/C14H14FNO5/c15-10-5-4-7(13(18)19)6-11(10)16-12(17)8-2-1-3-9(8)14(20)21/h4-6,8-9H,1-3H2,(H,16,17)(H,18,19)(H,20,21)/t8-,9+/m1/s1. The molecule has 2 atom stereocenters. The predicted octanol–water partition coefficient (Wildman–Crippen LogP) is 1.96. The number of aromatic carboxylic acids is 1. The fourth-order valence-electron chi connectivity index (χ4n) is 2.55. The lowest BCUT2D eigenvalue weighted by molar-refractivity contribution is -0.145. The molecule has 7 heteroatoms. The van der Waals surface area contributed by atoms with Crippen LogP contribution in [0.3, 0.4) is 0 Å². The number of rotatable bonds is 4.